The maximum atomic E-state index is 12.5. The molecule has 6 heteroatoms. The van der Waals surface area contributed by atoms with E-state index >= 15 is 0 Å². The number of nitrogens with zero attached hydrogens (tertiary/aromatic N) is 2. The van der Waals surface area contributed by atoms with Gasteiger partial charge in [0.25, 0.3) is 0 Å². The van der Waals surface area contributed by atoms with Crippen LogP contribution in [0.25, 0.3) is 0 Å². The molecule has 0 bridgehead atoms. The number of benzene rings is 1. The summed E-state index contributed by atoms with van der Waals surface area (Å²) >= 11 is 1.48. The van der Waals surface area contributed by atoms with E-state index in [4.69, 9.17) is 0 Å². The maximum absolute atomic E-state index is 12.5. The van der Waals surface area contributed by atoms with E-state index in [0.717, 1.165) is 43.8 Å². The average molecular weight is 410 g/mol. The van der Waals surface area contributed by atoms with E-state index in [-0.39, 0.29) is 23.1 Å². The van der Waals surface area contributed by atoms with Gasteiger partial charge in [0.05, 0.1) is 10.8 Å². The van der Waals surface area contributed by atoms with Gasteiger partial charge in [-0.3, -0.25) is 9.59 Å². The van der Waals surface area contributed by atoms with Crippen LogP contribution in [0.2, 0.25) is 0 Å². The number of likely N-dealkylation sites (tertiary alicyclic amines) is 1. The van der Waals surface area contributed by atoms with Crippen molar-refractivity contribution in [3.05, 3.63) is 60.3 Å². The summed E-state index contributed by atoms with van der Waals surface area (Å²) in [5.41, 5.74) is 1.37. The fourth-order valence-electron chi connectivity index (χ4n) is 4.23. The van der Waals surface area contributed by atoms with Gasteiger partial charge >= 0.3 is 0 Å². The SMILES string of the molecule is O=C(NCCc1ccccc1)C1CC12CCN(C(=O)CSc1ccccn1)CC2. The van der Waals surface area contributed by atoms with E-state index in [9.17, 15) is 9.59 Å². The Morgan fingerprint density at radius 1 is 1.10 bits per heavy atom. The Morgan fingerprint density at radius 2 is 1.86 bits per heavy atom. The van der Waals surface area contributed by atoms with Gasteiger partial charge in [-0.1, -0.05) is 48.2 Å². The molecule has 4 rings (SSSR count). The highest BCUT2D eigenvalue weighted by atomic mass is 32.2. The molecule has 1 spiro atoms. The number of pyridine rings is 1. The van der Waals surface area contributed by atoms with Gasteiger partial charge < -0.3 is 10.2 Å². The van der Waals surface area contributed by atoms with Gasteiger partial charge in [0, 0.05) is 31.7 Å². The molecule has 1 unspecified atom stereocenters. The van der Waals surface area contributed by atoms with Crippen molar-refractivity contribution in [2.24, 2.45) is 11.3 Å². The molecular formula is C23H27N3O2S. The summed E-state index contributed by atoms with van der Waals surface area (Å²) in [5, 5.41) is 3.99. The second kappa shape index (κ2) is 8.99. The average Bonchev–Trinajstić information content (AvgIpc) is 3.47. The summed E-state index contributed by atoms with van der Waals surface area (Å²) in [6, 6.07) is 16.0. The van der Waals surface area contributed by atoms with Gasteiger partial charge in [-0.2, -0.15) is 0 Å². The van der Waals surface area contributed by atoms with Crippen LogP contribution in [0.1, 0.15) is 24.8 Å². The molecule has 29 heavy (non-hydrogen) atoms. The summed E-state index contributed by atoms with van der Waals surface area (Å²) in [5.74, 6) is 0.901. The lowest BCUT2D eigenvalue weighted by Crippen LogP contribution is -2.41. The number of hydrogen-bond donors (Lipinski definition) is 1. The largest absolute Gasteiger partial charge is 0.356 e. The van der Waals surface area contributed by atoms with Crippen LogP contribution >= 0.6 is 11.8 Å². The Balaban J connectivity index is 1.17. The minimum Gasteiger partial charge on any atom is -0.356 e. The van der Waals surface area contributed by atoms with E-state index < -0.39 is 0 Å². The van der Waals surface area contributed by atoms with E-state index in [0.29, 0.717) is 12.3 Å². The predicted octanol–water partition coefficient (Wildman–Crippen LogP) is 3.16. The number of amides is 2. The third-order valence-electron chi connectivity index (χ3n) is 6.16. The summed E-state index contributed by atoms with van der Waals surface area (Å²) in [6.07, 6.45) is 5.44. The highest BCUT2D eigenvalue weighted by Crippen LogP contribution is 2.59. The number of carbonyl (C=O) groups is 2. The van der Waals surface area contributed by atoms with E-state index in [1.54, 1.807) is 6.20 Å². The molecule has 1 saturated carbocycles. The molecule has 1 aliphatic carbocycles. The van der Waals surface area contributed by atoms with E-state index in [2.05, 4.69) is 22.4 Å². The molecule has 1 saturated heterocycles. The van der Waals surface area contributed by atoms with Gasteiger partial charge in [-0.15, -0.1) is 0 Å². The van der Waals surface area contributed by atoms with Crippen molar-refractivity contribution < 1.29 is 9.59 Å². The minimum absolute atomic E-state index is 0.124. The van der Waals surface area contributed by atoms with Crippen LogP contribution in [-0.2, 0) is 16.0 Å². The van der Waals surface area contributed by atoms with Crippen LogP contribution in [0.15, 0.2) is 59.8 Å². The zero-order valence-electron chi connectivity index (χ0n) is 16.5. The minimum atomic E-state index is 0.124. The number of carbonyl (C=O) groups excluding carboxylic acids is 2. The highest BCUT2D eigenvalue weighted by Gasteiger charge is 2.58. The van der Waals surface area contributed by atoms with Crippen LogP contribution in [-0.4, -0.2) is 47.1 Å². The second-order valence-electron chi connectivity index (χ2n) is 7.98. The molecule has 1 atom stereocenters. The Bertz CT molecular complexity index is 836. The van der Waals surface area contributed by atoms with Crippen LogP contribution in [0.4, 0.5) is 0 Å². The summed E-state index contributed by atoms with van der Waals surface area (Å²) in [4.78, 5) is 31.2. The molecule has 152 valence electrons. The van der Waals surface area contributed by atoms with Gasteiger partial charge in [-0.25, -0.2) is 4.98 Å². The van der Waals surface area contributed by atoms with Crippen LogP contribution in [0.3, 0.4) is 0 Å². The zero-order valence-corrected chi connectivity index (χ0v) is 17.4. The van der Waals surface area contributed by atoms with Gasteiger partial charge in [-0.05, 0) is 48.8 Å². The summed E-state index contributed by atoms with van der Waals surface area (Å²) < 4.78 is 0. The normalized spacial score (nSPS) is 19.7. The molecule has 2 aliphatic rings. The molecule has 2 heterocycles. The Kier molecular flexibility index (Phi) is 6.19. The van der Waals surface area contributed by atoms with Crippen molar-refractivity contribution in [2.45, 2.75) is 30.7 Å². The van der Waals surface area contributed by atoms with Gasteiger partial charge in [0.15, 0.2) is 0 Å². The number of nitrogens with one attached hydrogen (secondary N) is 1. The fourth-order valence-corrected chi connectivity index (χ4v) is 4.99. The first-order chi connectivity index (χ1) is 14.2. The van der Waals surface area contributed by atoms with Gasteiger partial charge in [0.1, 0.15) is 0 Å². The molecule has 5 nitrogen and oxygen atoms in total. The third-order valence-corrected chi connectivity index (χ3v) is 7.08. The van der Waals surface area contributed by atoms with Crippen molar-refractivity contribution >= 4 is 23.6 Å². The van der Waals surface area contributed by atoms with Gasteiger partial charge in [0.2, 0.25) is 11.8 Å². The van der Waals surface area contributed by atoms with Crippen LogP contribution in [0, 0.1) is 11.3 Å². The zero-order chi connectivity index (χ0) is 20.1. The van der Waals surface area contributed by atoms with Crippen molar-refractivity contribution in [1.29, 1.82) is 0 Å². The molecule has 0 radical (unpaired) electrons. The number of piperidine rings is 1. The van der Waals surface area contributed by atoms with Crippen LogP contribution < -0.4 is 5.32 Å². The fraction of sp³-hybridized carbons (Fsp3) is 0.435. The van der Waals surface area contributed by atoms with Crippen molar-refractivity contribution in [3.8, 4) is 0 Å². The summed E-state index contributed by atoms with van der Waals surface area (Å²) in [7, 11) is 0. The standard InChI is InChI=1S/C23H27N3O2S/c27-21(17-29-20-8-4-5-12-24-20)26-14-10-23(11-15-26)16-19(23)22(28)25-13-9-18-6-2-1-3-7-18/h1-8,12,19H,9-11,13-17H2,(H,25,28). The predicted molar refractivity (Wildman–Crippen MR) is 114 cm³/mol. The Labute approximate surface area is 176 Å². The first-order valence-electron chi connectivity index (χ1n) is 10.3. The molecule has 1 N–H and O–H groups in total. The lowest BCUT2D eigenvalue weighted by atomic mass is 9.90. The first kappa shape index (κ1) is 20.0. The first-order valence-corrected chi connectivity index (χ1v) is 11.3. The highest BCUT2D eigenvalue weighted by molar-refractivity contribution is 7.99. The molecule has 2 amide bonds. The second-order valence-corrected chi connectivity index (χ2v) is 8.98. The smallest absolute Gasteiger partial charge is 0.232 e. The monoisotopic (exact) mass is 409 g/mol. The molecule has 1 aromatic heterocycles. The Hall–Kier alpha value is -2.34. The molecule has 2 aromatic rings. The molecule has 1 aliphatic heterocycles. The number of hydrogen-bond acceptors (Lipinski definition) is 4. The summed E-state index contributed by atoms with van der Waals surface area (Å²) in [6.45, 7) is 2.20. The number of aromatic nitrogens is 1. The third kappa shape index (κ3) is 4.99. The quantitative estimate of drug-likeness (QED) is 0.714. The lowest BCUT2D eigenvalue weighted by Gasteiger charge is -2.32. The lowest BCUT2D eigenvalue weighted by molar-refractivity contribution is -0.130. The van der Waals surface area contributed by atoms with Crippen molar-refractivity contribution in [3.63, 3.8) is 0 Å². The maximum Gasteiger partial charge on any atom is 0.232 e. The van der Waals surface area contributed by atoms with Crippen molar-refractivity contribution in [2.75, 3.05) is 25.4 Å². The van der Waals surface area contributed by atoms with Crippen LogP contribution in [0.5, 0.6) is 0 Å². The molecule has 1 aromatic carbocycles. The number of rotatable bonds is 7. The number of thioether (sulfide) groups is 1. The van der Waals surface area contributed by atoms with E-state index in [1.807, 2.05) is 41.3 Å². The van der Waals surface area contributed by atoms with E-state index in [1.165, 1.54) is 17.3 Å². The molecule has 2 fully saturated rings. The Morgan fingerprint density at radius 3 is 2.59 bits per heavy atom. The molecular weight excluding hydrogens is 382 g/mol. The topological polar surface area (TPSA) is 62.3 Å². The van der Waals surface area contributed by atoms with Crippen molar-refractivity contribution in [1.82, 2.24) is 15.2 Å².